The molecule has 0 amide bonds. The molecule has 0 aliphatic carbocycles. The van der Waals surface area contributed by atoms with Gasteiger partial charge in [-0.1, -0.05) is 12.1 Å². The molecule has 1 heterocycles. The Kier molecular flexibility index (Phi) is 3.97. The molecular weight excluding hydrogens is 245 g/mol. The van der Waals surface area contributed by atoms with Gasteiger partial charge in [0.1, 0.15) is 5.82 Å². The van der Waals surface area contributed by atoms with Gasteiger partial charge in [-0.05, 0) is 30.5 Å². The van der Waals surface area contributed by atoms with Gasteiger partial charge in [-0.2, -0.15) is 0 Å². The minimum Gasteiger partial charge on any atom is -0.394 e. The summed E-state index contributed by atoms with van der Waals surface area (Å²) in [5.41, 5.74) is 8.81. The van der Waals surface area contributed by atoms with Crippen LogP contribution in [0.4, 0.5) is 4.39 Å². The van der Waals surface area contributed by atoms with E-state index < -0.39 is 6.04 Å². The Morgan fingerprint density at radius 3 is 2.58 bits per heavy atom. The smallest absolute Gasteiger partial charge is 0.129 e. The van der Waals surface area contributed by atoms with Crippen LogP contribution in [0.1, 0.15) is 28.4 Å². The molecule has 1 aromatic heterocycles. The van der Waals surface area contributed by atoms with E-state index in [9.17, 15) is 4.39 Å². The summed E-state index contributed by atoms with van der Waals surface area (Å²) < 4.78 is 15.4. The number of benzene rings is 1. The van der Waals surface area contributed by atoms with E-state index in [2.05, 4.69) is 4.98 Å². The molecule has 1 atom stereocenters. The predicted molar refractivity (Wildman–Crippen MR) is 71.2 cm³/mol. The lowest BCUT2D eigenvalue weighted by molar-refractivity contribution is 0.263. The zero-order valence-electron chi connectivity index (χ0n) is 11.1. The van der Waals surface area contributed by atoms with Crippen molar-refractivity contribution in [2.75, 3.05) is 6.61 Å². The molecule has 0 spiro atoms. The average molecular weight is 263 g/mol. The third-order valence-corrected chi connectivity index (χ3v) is 3.17. The fourth-order valence-electron chi connectivity index (χ4n) is 2.19. The van der Waals surface area contributed by atoms with Crippen LogP contribution in [0.15, 0.2) is 24.7 Å². The second-order valence-electron chi connectivity index (χ2n) is 4.78. The van der Waals surface area contributed by atoms with Gasteiger partial charge in [-0.15, -0.1) is 0 Å². The van der Waals surface area contributed by atoms with Crippen LogP contribution in [0, 0.1) is 19.7 Å². The van der Waals surface area contributed by atoms with Crippen LogP contribution < -0.4 is 5.73 Å². The molecule has 1 unspecified atom stereocenters. The zero-order valence-corrected chi connectivity index (χ0v) is 11.1. The molecule has 0 saturated carbocycles. The number of imidazole rings is 1. The van der Waals surface area contributed by atoms with Crippen LogP contribution >= 0.6 is 0 Å². The van der Waals surface area contributed by atoms with Crippen molar-refractivity contribution in [3.63, 3.8) is 0 Å². The number of aryl methyl sites for hydroxylation is 2. The highest BCUT2D eigenvalue weighted by Crippen LogP contribution is 2.17. The van der Waals surface area contributed by atoms with E-state index in [1.807, 2.05) is 16.7 Å². The topological polar surface area (TPSA) is 64.1 Å². The number of rotatable bonds is 4. The lowest BCUT2D eigenvalue weighted by Gasteiger charge is -2.13. The van der Waals surface area contributed by atoms with Crippen molar-refractivity contribution >= 4 is 0 Å². The molecule has 4 nitrogen and oxygen atoms in total. The standard InChI is InChI=1S/C14H18FN3O/c1-9-3-11(4-10(2)14(9)15)6-18-8-17-5-13(18)12(16)7-19/h3-5,8,12,19H,6-7,16H2,1-2H3. The molecule has 0 aliphatic rings. The van der Waals surface area contributed by atoms with E-state index >= 15 is 0 Å². The van der Waals surface area contributed by atoms with Gasteiger partial charge < -0.3 is 15.4 Å². The molecule has 0 bridgehead atoms. The Morgan fingerprint density at radius 1 is 1.37 bits per heavy atom. The maximum Gasteiger partial charge on any atom is 0.129 e. The Balaban J connectivity index is 2.29. The highest BCUT2D eigenvalue weighted by atomic mass is 19.1. The molecule has 19 heavy (non-hydrogen) atoms. The van der Waals surface area contributed by atoms with Gasteiger partial charge in [0.25, 0.3) is 0 Å². The first kappa shape index (κ1) is 13.7. The number of halogens is 1. The molecule has 102 valence electrons. The normalized spacial score (nSPS) is 12.7. The molecule has 2 aromatic rings. The quantitative estimate of drug-likeness (QED) is 0.882. The number of aliphatic hydroxyl groups excluding tert-OH is 1. The highest BCUT2D eigenvalue weighted by Gasteiger charge is 2.11. The van der Waals surface area contributed by atoms with Crippen LogP contribution in [-0.4, -0.2) is 21.3 Å². The summed E-state index contributed by atoms with van der Waals surface area (Å²) in [5.74, 6) is -0.165. The van der Waals surface area contributed by atoms with Crippen molar-refractivity contribution in [2.24, 2.45) is 5.73 Å². The number of hydrogen-bond acceptors (Lipinski definition) is 3. The first-order chi connectivity index (χ1) is 9.02. The minimum absolute atomic E-state index is 0.132. The Labute approximate surface area is 111 Å². The van der Waals surface area contributed by atoms with Gasteiger partial charge in [-0.25, -0.2) is 9.37 Å². The molecule has 0 fully saturated rings. The molecule has 0 radical (unpaired) electrons. The van der Waals surface area contributed by atoms with Crippen LogP contribution in [-0.2, 0) is 6.54 Å². The maximum absolute atomic E-state index is 13.6. The second-order valence-corrected chi connectivity index (χ2v) is 4.78. The van der Waals surface area contributed by atoms with Crippen molar-refractivity contribution in [1.29, 1.82) is 0 Å². The molecule has 5 heteroatoms. The van der Waals surface area contributed by atoms with Crippen molar-refractivity contribution in [3.05, 3.63) is 52.9 Å². The van der Waals surface area contributed by atoms with E-state index in [0.29, 0.717) is 17.7 Å². The fraction of sp³-hybridized carbons (Fsp3) is 0.357. The molecule has 1 aromatic carbocycles. The van der Waals surface area contributed by atoms with Gasteiger partial charge in [0.2, 0.25) is 0 Å². The van der Waals surface area contributed by atoms with Gasteiger partial charge in [0.05, 0.1) is 24.7 Å². The zero-order chi connectivity index (χ0) is 14.0. The van der Waals surface area contributed by atoms with Crippen molar-refractivity contribution in [3.8, 4) is 0 Å². The van der Waals surface area contributed by atoms with E-state index in [0.717, 1.165) is 11.3 Å². The first-order valence-electron chi connectivity index (χ1n) is 6.15. The van der Waals surface area contributed by atoms with E-state index in [-0.39, 0.29) is 12.4 Å². The molecule has 2 rings (SSSR count). The van der Waals surface area contributed by atoms with Crippen LogP contribution in [0.5, 0.6) is 0 Å². The predicted octanol–water partition coefficient (Wildman–Crippen LogP) is 1.68. The Bertz CT molecular complexity index is 557. The summed E-state index contributed by atoms with van der Waals surface area (Å²) in [5, 5.41) is 9.11. The molecule has 0 aliphatic heterocycles. The number of hydrogen-bond donors (Lipinski definition) is 2. The van der Waals surface area contributed by atoms with Crippen LogP contribution in [0.3, 0.4) is 0 Å². The van der Waals surface area contributed by atoms with Crippen molar-refractivity contribution < 1.29 is 9.50 Å². The van der Waals surface area contributed by atoms with Crippen LogP contribution in [0.2, 0.25) is 0 Å². The maximum atomic E-state index is 13.6. The van der Waals surface area contributed by atoms with Gasteiger partial charge in [0, 0.05) is 12.7 Å². The lowest BCUT2D eigenvalue weighted by atomic mass is 10.1. The second kappa shape index (κ2) is 5.50. The van der Waals surface area contributed by atoms with Crippen molar-refractivity contribution in [2.45, 2.75) is 26.4 Å². The summed E-state index contributed by atoms with van der Waals surface area (Å²) in [6.45, 7) is 3.93. The highest BCUT2D eigenvalue weighted by molar-refractivity contribution is 5.31. The lowest BCUT2D eigenvalue weighted by Crippen LogP contribution is -2.19. The average Bonchev–Trinajstić information content (AvgIpc) is 2.83. The third-order valence-electron chi connectivity index (χ3n) is 3.17. The third kappa shape index (κ3) is 2.83. The summed E-state index contributed by atoms with van der Waals surface area (Å²) in [7, 11) is 0. The number of nitrogens with zero attached hydrogens (tertiary/aromatic N) is 2. The fourth-order valence-corrected chi connectivity index (χ4v) is 2.19. The monoisotopic (exact) mass is 263 g/mol. The Hall–Kier alpha value is -1.72. The first-order valence-corrected chi connectivity index (χ1v) is 6.15. The molecule has 3 N–H and O–H groups in total. The summed E-state index contributed by atoms with van der Waals surface area (Å²) >= 11 is 0. The van der Waals surface area contributed by atoms with E-state index in [1.54, 1.807) is 26.4 Å². The SMILES string of the molecule is Cc1cc(Cn2cncc2C(N)CO)cc(C)c1F. The number of nitrogens with two attached hydrogens (primary N) is 1. The largest absolute Gasteiger partial charge is 0.394 e. The van der Waals surface area contributed by atoms with Gasteiger partial charge in [-0.3, -0.25) is 0 Å². The number of aromatic nitrogens is 2. The van der Waals surface area contributed by atoms with Gasteiger partial charge >= 0.3 is 0 Å². The van der Waals surface area contributed by atoms with E-state index in [4.69, 9.17) is 10.8 Å². The van der Waals surface area contributed by atoms with Gasteiger partial charge in [0.15, 0.2) is 0 Å². The minimum atomic E-state index is -0.454. The molecular formula is C14H18FN3O. The van der Waals surface area contributed by atoms with Crippen LogP contribution in [0.25, 0.3) is 0 Å². The molecule has 0 saturated heterocycles. The Morgan fingerprint density at radius 2 is 2.00 bits per heavy atom. The summed E-state index contributed by atoms with van der Waals surface area (Å²) in [6.07, 6.45) is 3.31. The van der Waals surface area contributed by atoms with E-state index in [1.165, 1.54) is 0 Å². The number of aliphatic hydroxyl groups is 1. The van der Waals surface area contributed by atoms with Crippen molar-refractivity contribution in [1.82, 2.24) is 9.55 Å². The summed E-state index contributed by atoms with van der Waals surface area (Å²) in [4.78, 5) is 4.05. The summed E-state index contributed by atoms with van der Waals surface area (Å²) in [6, 6.07) is 3.18.